The van der Waals surface area contributed by atoms with Gasteiger partial charge in [0.15, 0.2) is 0 Å². The fourth-order valence-electron chi connectivity index (χ4n) is 1.30. The molecule has 0 radical (unpaired) electrons. The highest BCUT2D eigenvalue weighted by atomic mass is 35.5. The summed E-state index contributed by atoms with van der Waals surface area (Å²) in [6.45, 7) is 1.58. The standard InChI is InChI=1S/C9H10ClNO/c10-8-1-6(2-9(11)3-8)7-4-12-5-7/h1-3,7H,4-5,11H2. The van der Waals surface area contributed by atoms with Gasteiger partial charge in [-0.05, 0) is 23.8 Å². The Labute approximate surface area is 76.3 Å². The summed E-state index contributed by atoms with van der Waals surface area (Å²) in [5.41, 5.74) is 7.56. The smallest absolute Gasteiger partial charge is 0.0557 e. The molecule has 12 heavy (non-hydrogen) atoms. The molecule has 1 aliphatic rings. The van der Waals surface area contributed by atoms with Gasteiger partial charge in [0.25, 0.3) is 0 Å². The van der Waals surface area contributed by atoms with Crippen molar-refractivity contribution < 1.29 is 4.74 Å². The van der Waals surface area contributed by atoms with Crippen molar-refractivity contribution >= 4 is 17.3 Å². The van der Waals surface area contributed by atoms with E-state index in [1.807, 2.05) is 12.1 Å². The van der Waals surface area contributed by atoms with E-state index in [1.165, 1.54) is 5.56 Å². The third-order valence-electron chi connectivity index (χ3n) is 2.05. The predicted octanol–water partition coefficient (Wildman–Crippen LogP) is 2.04. The molecule has 2 N–H and O–H groups in total. The Bertz CT molecular complexity index is 276. The van der Waals surface area contributed by atoms with Crippen LogP contribution < -0.4 is 5.73 Å². The number of ether oxygens (including phenoxy) is 1. The Kier molecular flexibility index (Phi) is 1.95. The van der Waals surface area contributed by atoms with Crippen LogP contribution in [0.25, 0.3) is 0 Å². The fraction of sp³-hybridized carbons (Fsp3) is 0.333. The maximum atomic E-state index is 5.85. The zero-order chi connectivity index (χ0) is 8.55. The Hall–Kier alpha value is -0.730. The van der Waals surface area contributed by atoms with E-state index in [2.05, 4.69) is 0 Å². The van der Waals surface area contributed by atoms with Crippen LogP contribution in [0.5, 0.6) is 0 Å². The van der Waals surface area contributed by atoms with E-state index in [0.29, 0.717) is 10.9 Å². The molecule has 3 heteroatoms. The summed E-state index contributed by atoms with van der Waals surface area (Å²) in [6.07, 6.45) is 0. The van der Waals surface area contributed by atoms with Gasteiger partial charge in [-0.15, -0.1) is 0 Å². The summed E-state index contributed by atoms with van der Waals surface area (Å²) in [5.74, 6) is 0.492. The number of hydrogen-bond acceptors (Lipinski definition) is 2. The molecule has 2 rings (SSSR count). The number of benzene rings is 1. The lowest BCUT2D eigenvalue weighted by molar-refractivity contribution is 0.00845. The van der Waals surface area contributed by atoms with E-state index in [0.717, 1.165) is 18.9 Å². The number of rotatable bonds is 1. The van der Waals surface area contributed by atoms with E-state index < -0.39 is 0 Å². The average molecular weight is 184 g/mol. The van der Waals surface area contributed by atoms with E-state index in [9.17, 15) is 0 Å². The average Bonchev–Trinajstić information content (AvgIpc) is 1.79. The van der Waals surface area contributed by atoms with Gasteiger partial charge in [-0.2, -0.15) is 0 Å². The number of halogens is 1. The van der Waals surface area contributed by atoms with Crippen LogP contribution in [0, 0.1) is 0 Å². The molecule has 0 unspecified atom stereocenters. The second-order valence-electron chi connectivity index (χ2n) is 3.05. The van der Waals surface area contributed by atoms with E-state index >= 15 is 0 Å². The first-order valence-corrected chi connectivity index (χ1v) is 4.27. The van der Waals surface area contributed by atoms with Gasteiger partial charge < -0.3 is 10.5 Å². The molecular formula is C9H10ClNO. The van der Waals surface area contributed by atoms with Crippen molar-refractivity contribution in [2.75, 3.05) is 18.9 Å². The molecule has 1 aliphatic heterocycles. The van der Waals surface area contributed by atoms with Gasteiger partial charge in [0.2, 0.25) is 0 Å². The molecule has 1 saturated heterocycles. The fourth-order valence-corrected chi connectivity index (χ4v) is 1.55. The maximum Gasteiger partial charge on any atom is 0.0557 e. The van der Waals surface area contributed by atoms with Gasteiger partial charge >= 0.3 is 0 Å². The zero-order valence-electron chi connectivity index (χ0n) is 6.59. The summed E-state index contributed by atoms with van der Waals surface area (Å²) >= 11 is 5.85. The Morgan fingerprint density at radius 1 is 1.33 bits per heavy atom. The molecule has 0 saturated carbocycles. The van der Waals surface area contributed by atoms with Crippen LogP contribution >= 0.6 is 11.6 Å². The largest absolute Gasteiger partial charge is 0.399 e. The van der Waals surface area contributed by atoms with Crippen LogP contribution in [0.3, 0.4) is 0 Å². The van der Waals surface area contributed by atoms with Gasteiger partial charge in [-0.1, -0.05) is 11.6 Å². The van der Waals surface area contributed by atoms with Crippen molar-refractivity contribution in [1.29, 1.82) is 0 Å². The van der Waals surface area contributed by atoms with Gasteiger partial charge in [-0.3, -0.25) is 0 Å². The Morgan fingerprint density at radius 3 is 2.58 bits per heavy atom. The Morgan fingerprint density at radius 2 is 2.08 bits per heavy atom. The number of nitrogens with two attached hydrogens (primary N) is 1. The highest BCUT2D eigenvalue weighted by Gasteiger charge is 2.20. The molecule has 0 amide bonds. The van der Waals surface area contributed by atoms with Crippen molar-refractivity contribution in [2.24, 2.45) is 0 Å². The van der Waals surface area contributed by atoms with E-state index in [1.54, 1.807) is 6.07 Å². The van der Waals surface area contributed by atoms with Crippen LogP contribution in [-0.2, 0) is 4.74 Å². The van der Waals surface area contributed by atoms with Crippen molar-refractivity contribution in [3.63, 3.8) is 0 Å². The van der Waals surface area contributed by atoms with Crippen molar-refractivity contribution in [2.45, 2.75) is 5.92 Å². The monoisotopic (exact) mass is 183 g/mol. The third kappa shape index (κ3) is 1.40. The van der Waals surface area contributed by atoms with Crippen LogP contribution in [0.15, 0.2) is 18.2 Å². The quantitative estimate of drug-likeness (QED) is 0.677. The van der Waals surface area contributed by atoms with Crippen molar-refractivity contribution in [3.8, 4) is 0 Å². The highest BCUT2D eigenvalue weighted by Crippen LogP contribution is 2.28. The molecule has 1 aromatic carbocycles. The molecule has 1 heterocycles. The first-order valence-electron chi connectivity index (χ1n) is 3.89. The maximum absolute atomic E-state index is 5.85. The van der Waals surface area contributed by atoms with Gasteiger partial charge in [0, 0.05) is 16.6 Å². The summed E-state index contributed by atoms with van der Waals surface area (Å²) in [5, 5.41) is 0.705. The lowest BCUT2D eigenvalue weighted by Crippen LogP contribution is -2.25. The second-order valence-corrected chi connectivity index (χ2v) is 3.49. The molecule has 0 spiro atoms. The van der Waals surface area contributed by atoms with Gasteiger partial charge in [-0.25, -0.2) is 0 Å². The number of anilines is 1. The van der Waals surface area contributed by atoms with Crippen LogP contribution in [0.2, 0.25) is 5.02 Å². The summed E-state index contributed by atoms with van der Waals surface area (Å²) in [7, 11) is 0. The van der Waals surface area contributed by atoms with Crippen LogP contribution in [0.4, 0.5) is 5.69 Å². The topological polar surface area (TPSA) is 35.2 Å². The minimum absolute atomic E-state index is 0.492. The number of nitrogen functional groups attached to an aromatic ring is 1. The van der Waals surface area contributed by atoms with Crippen LogP contribution in [-0.4, -0.2) is 13.2 Å². The molecule has 0 atom stereocenters. The molecule has 0 bridgehead atoms. The normalized spacial score (nSPS) is 17.4. The highest BCUT2D eigenvalue weighted by molar-refractivity contribution is 6.30. The van der Waals surface area contributed by atoms with Crippen molar-refractivity contribution in [1.82, 2.24) is 0 Å². The summed E-state index contributed by atoms with van der Waals surface area (Å²) < 4.78 is 5.09. The van der Waals surface area contributed by atoms with Gasteiger partial charge in [0.05, 0.1) is 13.2 Å². The first kappa shape index (κ1) is 7.90. The SMILES string of the molecule is Nc1cc(Cl)cc(C2COC2)c1. The third-order valence-corrected chi connectivity index (χ3v) is 2.27. The minimum atomic E-state index is 0.492. The molecule has 1 fully saturated rings. The first-order chi connectivity index (χ1) is 5.75. The lowest BCUT2D eigenvalue weighted by Gasteiger charge is -2.26. The molecular weight excluding hydrogens is 174 g/mol. The predicted molar refractivity (Wildman–Crippen MR) is 49.4 cm³/mol. The van der Waals surface area contributed by atoms with Gasteiger partial charge in [0.1, 0.15) is 0 Å². The van der Waals surface area contributed by atoms with E-state index in [-0.39, 0.29) is 0 Å². The molecule has 0 aromatic heterocycles. The Balaban J connectivity index is 2.30. The second kappa shape index (κ2) is 2.96. The summed E-state index contributed by atoms with van der Waals surface area (Å²) in [4.78, 5) is 0. The molecule has 0 aliphatic carbocycles. The molecule has 2 nitrogen and oxygen atoms in total. The van der Waals surface area contributed by atoms with Crippen LogP contribution in [0.1, 0.15) is 11.5 Å². The van der Waals surface area contributed by atoms with E-state index in [4.69, 9.17) is 22.1 Å². The lowest BCUT2D eigenvalue weighted by atomic mass is 9.97. The molecule has 64 valence electrons. The summed E-state index contributed by atoms with van der Waals surface area (Å²) in [6, 6.07) is 5.66. The van der Waals surface area contributed by atoms with Crippen molar-refractivity contribution in [3.05, 3.63) is 28.8 Å². The number of hydrogen-bond donors (Lipinski definition) is 1. The minimum Gasteiger partial charge on any atom is -0.399 e. The zero-order valence-corrected chi connectivity index (χ0v) is 7.34. The molecule has 1 aromatic rings.